The summed E-state index contributed by atoms with van der Waals surface area (Å²) in [6, 6.07) is 0. The summed E-state index contributed by atoms with van der Waals surface area (Å²) in [6.07, 6.45) is 0.495. The first kappa shape index (κ1) is 19.3. The normalized spacial score (nSPS) is 21.0. The first-order chi connectivity index (χ1) is 11.4. The van der Waals surface area contributed by atoms with Gasteiger partial charge in [-0.3, -0.25) is 4.79 Å². The number of Topliss-reactive ketones (excluding diaryl/α,β-unsaturated/α-hetero) is 1. The van der Waals surface area contributed by atoms with E-state index in [9.17, 15) is 9.59 Å². The van der Waals surface area contributed by atoms with E-state index in [1.165, 1.54) is 0 Å². The molecule has 1 aliphatic rings. The average molecular weight is 422 g/mol. The molecule has 0 aliphatic carbocycles. The molecule has 24 heavy (non-hydrogen) atoms. The molecule has 0 spiro atoms. The Balaban J connectivity index is 2.03. The topological polar surface area (TPSA) is 71.6 Å². The van der Waals surface area contributed by atoms with E-state index in [2.05, 4.69) is 20.9 Å². The van der Waals surface area contributed by atoms with Crippen LogP contribution in [0.3, 0.4) is 0 Å². The predicted molar refractivity (Wildman–Crippen MR) is 94.7 cm³/mol. The Hall–Kier alpha value is -1.05. The van der Waals surface area contributed by atoms with Crippen LogP contribution in [0.2, 0.25) is 5.02 Å². The summed E-state index contributed by atoms with van der Waals surface area (Å²) in [7, 11) is 1.60. The van der Waals surface area contributed by atoms with Crippen LogP contribution in [0.25, 0.3) is 0 Å². The van der Waals surface area contributed by atoms with Crippen LogP contribution in [-0.4, -0.2) is 54.7 Å². The lowest BCUT2D eigenvalue weighted by molar-refractivity contribution is -0.0121. The van der Waals surface area contributed by atoms with Gasteiger partial charge in [0.1, 0.15) is 0 Å². The Bertz CT molecular complexity index is 619. The number of ether oxygens (including phenoxy) is 2. The minimum atomic E-state index is -0.334. The molecule has 2 heterocycles. The number of likely N-dealkylation sites (tertiary alicyclic amines) is 1. The van der Waals surface area contributed by atoms with E-state index in [4.69, 9.17) is 21.1 Å². The van der Waals surface area contributed by atoms with Crippen LogP contribution >= 0.6 is 27.5 Å². The van der Waals surface area contributed by atoms with Crippen LogP contribution in [0.4, 0.5) is 4.79 Å². The Morgan fingerprint density at radius 3 is 2.71 bits per heavy atom. The number of carbonyl (C=O) groups excluding carboxylic acids is 2. The maximum Gasteiger partial charge on any atom is 0.409 e. The number of ketones is 1. The summed E-state index contributed by atoms with van der Waals surface area (Å²) in [5.74, 6) is 0.0240. The van der Waals surface area contributed by atoms with Gasteiger partial charge in [0.05, 0.1) is 34.4 Å². The molecular weight excluding hydrogens is 400 g/mol. The lowest BCUT2D eigenvalue weighted by Gasteiger charge is -2.36. The molecule has 8 heteroatoms. The number of halogens is 2. The third kappa shape index (κ3) is 4.13. The van der Waals surface area contributed by atoms with Crippen molar-refractivity contribution in [2.24, 2.45) is 5.92 Å². The summed E-state index contributed by atoms with van der Waals surface area (Å²) in [4.78, 5) is 29.1. The van der Waals surface area contributed by atoms with Crippen molar-refractivity contribution in [3.63, 3.8) is 0 Å². The van der Waals surface area contributed by atoms with E-state index >= 15 is 0 Å². The number of aromatic nitrogens is 1. The van der Waals surface area contributed by atoms with Gasteiger partial charge in [0.2, 0.25) is 0 Å². The largest absolute Gasteiger partial charge is 0.450 e. The number of carbonyl (C=O) groups is 2. The van der Waals surface area contributed by atoms with Crippen molar-refractivity contribution in [3.8, 4) is 0 Å². The van der Waals surface area contributed by atoms with Gasteiger partial charge in [-0.1, -0.05) is 11.6 Å². The van der Waals surface area contributed by atoms with Crippen molar-refractivity contribution in [1.82, 2.24) is 9.88 Å². The fraction of sp³-hybridized carbons (Fsp3) is 0.625. The number of methoxy groups -OCH3 is 1. The smallest absolute Gasteiger partial charge is 0.409 e. The fourth-order valence-corrected chi connectivity index (χ4v) is 3.71. The predicted octanol–water partition coefficient (Wildman–Crippen LogP) is 3.81. The second-order valence-electron chi connectivity index (χ2n) is 5.85. The first-order valence-corrected chi connectivity index (χ1v) is 9.07. The molecule has 0 aromatic carbocycles. The van der Waals surface area contributed by atoms with Crippen molar-refractivity contribution in [2.75, 3.05) is 26.8 Å². The zero-order chi connectivity index (χ0) is 17.9. The number of aryl methyl sites for hydroxylation is 1. The van der Waals surface area contributed by atoms with Gasteiger partial charge >= 0.3 is 6.09 Å². The number of H-pyrrole nitrogens is 1. The SMILES string of the molecule is CCOC(=O)N1CC[C@@H](CC(=O)c2[nH]c(C)c(Cl)c2Br)[C@@H](OC)C1. The number of hydrogen-bond acceptors (Lipinski definition) is 4. The maximum atomic E-state index is 12.6. The van der Waals surface area contributed by atoms with Gasteiger partial charge < -0.3 is 19.4 Å². The highest BCUT2D eigenvalue weighted by atomic mass is 79.9. The molecule has 1 aromatic heterocycles. The molecule has 2 atom stereocenters. The van der Waals surface area contributed by atoms with Crippen LogP contribution in [-0.2, 0) is 9.47 Å². The maximum absolute atomic E-state index is 12.6. The van der Waals surface area contributed by atoms with Gasteiger partial charge in [-0.05, 0) is 42.1 Å². The van der Waals surface area contributed by atoms with Crippen LogP contribution in [0.5, 0.6) is 0 Å². The number of aromatic amines is 1. The molecule has 1 saturated heterocycles. The molecule has 1 N–H and O–H groups in total. The van der Waals surface area contributed by atoms with Crippen molar-refractivity contribution in [2.45, 2.75) is 32.8 Å². The van der Waals surface area contributed by atoms with Crippen LogP contribution in [0.15, 0.2) is 4.47 Å². The highest BCUT2D eigenvalue weighted by Crippen LogP contribution is 2.32. The summed E-state index contributed by atoms with van der Waals surface area (Å²) < 4.78 is 11.1. The number of nitrogens with zero attached hydrogens (tertiary/aromatic N) is 1. The number of amides is 1. The summed E-state index contributed by atoms with van der Waals surface area (Å²) in [5.41, 5.74) is 1.24. The molecule has 1 aromatic rings. The lowest BCUT2D eigenvalue weighted by atomic mass is 9.88. The molecule has 0 bridgehead atoms. The summed E-state index contributed by atoms with van der Waals surface area (Å²) >= 11 is 9.47. The molecule has 6 nitrogen and oxygen atoms in total. The minimum Gasteiger partial charge on any atom is -0.450 e. The van der Waals surface area contributed by atoms with Crippen molar-refractivity contribution in [3.05, 3.63) is 20.9 Å². The van der Waals surface area contributed by atoms with Crippen LogP contribution in [0.1, 0.15) is 35.9 Å². The van der Waals surface area contributed by atoms with E-state index in [1.54, 1.807) is 18.9 Å². The quantitative estimate of drug-likeness (QED) is 0.734. The van der Waals surface area contributed by atoms with Gasteiger partial charge in [0.15, 0.2) is 5.78 Å². The molecular formula is C16H22BrClN2O4. The van der Waals surface area contributed by atoms with Crippen molar-refractivity contribution < 1.29 is 19.1 Å². The molecule has 134 valence electrons. The molecule has 0 saturated carbocycles. The molecule has 1 amide bonds. The second kappa shape index (κ2) is 8.36. The number of nitrogens with one attached hydrogen (secondary N) is 1. The highest BCUT2D eigenvalue weighted by Gasteiger charge is 2.34. The van der Waals surface area contributed by atoms with Gasteiger partial charge in [-0.15, -0.1) is 0 Å². The summed E-state index contributed by atoms with van der Waals surface area (Å²) in [6.45, 7) is 4.93. The Morgan fingerprint density at radius 2 is 2.17 bits per heavy atom. The molecule has 0 unspecified atom stereocenters. The fourth-order valence-electron chi connectivity index (χ4n) is 2.95. The lowest BCUT2D eigenvalue weighted by Crippen LogP contribution is -2.48. The summed E-state index contributed by atoms with van der Waals surface area (Å²) in [5, 5.41) is 0.527. The number of piperidine rings is 1. The van der Waals surface area contributed by atoms with Crippen LogP contribution < -0.4 is 0 Å². The zero-order valence-electron chi connectivity index (χ0n) is 14.0. The van der Waals surface area contributed by atoms with Gasteiger partial charge in [-0.25, -0.2) is 4.79 Å². The molecule has 2 rings (SSSR count). The average Bonchev–Trinajstić information content (AvgIpc) is 2.83. The number of hydrogen-bond donors (Lipinski definition) is 1. The molecule has 1 aliphatic heterocycles. The van der Waals surface area contributed by atoms with E-state index in [1.807, 2.05) is 6.92 Å². The monoisotopic (exact) mass is 420 g/mol. The van der Waals surface area contributed by atoms with Gasteiger partial charge in [0.25, 0.3) is 0 Å². The van der Waals surface area contributed by atoms with Gasteiger partial charge in [-0.2, -0.15) is 0 Å². The number of rotatable bonds is 5. The highest BCUT2D eigenvalue weighted by molar-refractivity contribution is 9.10. The Morgan fingerprint density at radius 1 is 1.46 bits per heavy atom. The van der Waals surface area contributed by atoms with E-state index < -0.39 is 0 Å². The Kier molecular flexibility index (Phi) is 6.71. The molecule has 1 fully saturated rings. The van der Waals surface area contributed by atoms with Crippen molar-refractivity contribution >= 4 is 39.4 Å². The third-order valence-corrected chi connectivity index (χ3v) is 5.80. The zero-order valence-corrected chi connectivity index (χ0v) is 16.4. The van der Waals surface area contributed by atoms with E-state index in [0.717, 1.165) is 5.69 Å². The first-order valence-electron chi connectivity index (χ1n) is 7.90. The minimum absolute atomic E-state index is 0.0199. The molecule has 0 radical (unpaired) electrons. The Labute approximate surface area is 154 Å². The third-order valence-electron chi connectivity index (χ3n) is 4.31. The van der Waals surface area contributed by atoms with Crippen LogP contribution in [0, 0.1) is 12.8 Å². The van der Waals surface area contributed by atoms with E-state index in [0.29, 0.717) is 47.7 Å². The standard InChI is InChI=1S/C16H22BrClN2O4/c1-4-24-16(22)20-6-5-10(12(8-20)23-3)7-11(21)15-13(17)14(18)9(2)19-15/h10,12,19H,4-8H2,1-3H3/t10-,12-/m0/s1. The van der Waals surface area contributed by atoms with E-state index in [-0.39, 0.29) is 23.9 Å². The van der Waals surface area contributed by atoms with Gasteiger partial charge in [0, 0.05) is 25.8 Å². The van der Waals surface area contributed by atoms with Crippen molar-refractivity contribution in [1.29, 1.82) is 0 Å². The second-order valence-corrected chi connectivity index (χ2v) is 7.02.